The van der Waals surface area contributed by atoms with E-state index in [1.165, 1.54) is 16.4 Å². The molecule has 1 aliphatic rings. The Bertz CT molecular complexity index is 851. The van der Waals surface area contributed by atoms with Gasteiger partial charge in [0.15, 0.2) is 0 Å². The van der Waals surface area contributed by atoms with Gasteiger partial charge in [-0.25, -0.2) is 8.42 Å². The second-order valence-corrected chi connectivity index (χ2v) is 8.31. The number of alkyl halides is 3. The van der Waals surface area contributed by atoms with Gasteiger partial charge >= 0.3 is 6.18 Å². The zero-order valence-electron chi connectivity index (χ0n) is 14.1. The molecule has 0 N–H and O–H groups in total. The summed E-state index contributed by atoms with van der Waals surface area (Å²) < 4.78 is 67.3. The Kier molecular flexibility index (Phi) is 5.39. The molecule has 1 aliphatic heterocycles. The summed E-state index contributed by atoms with van der Waals surface area (Å²) in [5, 5.41) is 0. The third kappa shape index (κ3) is 3.94. The van der Waals surface area contributed by atoms with Crippen molar-refractivity contribution >= 4 is 10.0 Å². The summed E-state index contributed by atoms with van der Waals surface area (Å²) in [6, 6.07) is 13.5. The van der Waals surface area contributed by atoms with Gasteiger partial charge in [-0.1, -0.05) is 48.9 Å². The SMILES string of the molecule is O=S(=O)(c1ccccc1C(F)(F)F)N1CCCC[C@H]1Cc1ccccc1. The van der Waals surface area contributed by atoms with E-state index in [2.05, 4.69) is 0 Å². The highest BCUT2D eigenvalue weighted by molar-refractivity contribution is 7.89. The van der Waals surface area contributed by atoms with E-state index >= 15 is 0 Å². The number of rotatable bonds is 4. The van der Waals surface area contributed by atoms with Crippen LogP contribution < -0.4 is 0 Å². The average Bonchev–Trinajstić information content (AvgIpc) is 2.62. The van der Waals surface area contributed by atoms with Gasteiger partial charge in [0.05, 0.1) is 10.5 Å². The summed E-state index contributed by atoms with van der Waals surface area (Å²) >= 11 is 0. The van der Waals surface area contributed by atoms with Crippen LogP contribution >= 0.6 is 0 Å². The molecule has 3 rings (SSSR count). The fourth-order valence-electron chi connectivity index (χ4n) is 3.43. The maximum atomic E-state index is 13.3. The van der Waals surface area contributed by atoms with E-state index in [4.69, 9.17) is 0 Å². The minimum absolute atomic E-state index is 0.242. The minimum atomic E-state index is -4.71. The molecule has 0 amide bonds. The summed E-state index contributed by atoms with van der Waals surface area (Å²) in [6.07, 6.45) is -2.06. The van der Waals surface area contributed by atoms with Crippen molar-refractivity contribution in [3.63, 3.8) is 0 Å². The van der Waals surface area contributed by atoms with E-state index in [1.54, 1.807) is 0 Å². The van der Waals surface area contributed by atoms with Crippen LogP contribution in [0.3, 0.4) is 0 Å². The van der Waals surface area contributed by atoms with Crippen molar-refractivity contribution in [3.05, 3.63) is 65.7 Å². The van der Waals surface area contributed by atoms with E-state index in [9.17, 15) is 21.6 Å². The standard InChI is InChI=1S/C19H20F3NO2S/c20-19(21,22)17-11-4-5-12-18(17)26(24,25)23-13-7-6-10-16(23)14-15-8-2-1-3-9-15/h1-5,8-9,11-12,16H,6-7,10,13-14H2/t16-/m0/s1. The molecule has 7 heteroatoms. The highest BCUT2D eigenvalue weighted by atomic mass is 32.2. The predicted molar refractivity (Wildman–Crippen MR) is 93.1 cm³/mol. The van der Waals surface area contributed by atoms with Crippen LogP contribution in [0, 0.1) is 0 Å². The molecule has 1 atom stereocenters. The van der Waals surface area contributed by atoms with Crippen molar-refractivity contribution in [3.8, 4) is 0 Å². The molecule has 1 heterocycles. The Labute approximate surface area is 151 Å². The number of piperidine rings is 1. The Balaban J connectivity index is 1.97. The van der Waals surface area contributed by atoms with Gasteiger partial charge in [0, 0.05) is 12.6 Å². The van der Waals surface area contributed by atoms with Gasteiger partial charge in [0.1, 0.15) is 0 Å². The Morgan fingerprint density at radius 1 is 0.962 bits per heavy atom. The monoisotopic (exact) mass is 383 g/mol. The van der Waals surface area contributed by atoms with Crippen LogP contribution in [-0.4, -0.2) is 25.3 Å². The van der Waals surface area contributed by atoms with Crippen LogP contribution in [0.4, 0.5) is 13.2 Å². The lowest BCUT2D eigenvalue weighted by Gasteiger charge is -2.35. The minimum Gasteiger partial charge on any atom is -0.207 e. The summed E-state index contributed by atoms with van der Waals surface area (Å²) in [4.78, 5) is -0.660. The lowest BCUT2D eigenvalue weighted by molar-refractivity contribution is -0.139. The maximum Gasteiger partial charge on any atom is 0.417 e. The lowest BCUT2D eigenvalue weighted by Crippen LogP contribution is -2.45. The summed E-state index contributed by atoms with van der Waals surface area (Å²) in [5.74, 6) is 0. The quantitative estimate of drug-likeness (QED) is 0.780. The maximum absolute atomic E-state index is 13.3. The predicted octanol–water partition coefficient (Wildman–Crippen LogP) is 4.49. The van der Waals surface area contributed by atoms with E-state index < -0.39 is 26.7 Å². The highest BCUT2D eigenvalue weighted by Crippen LogP contribution is 2.37. The molecule has 0 bridgehead atoms. The zero-order chi connectivity index (χ0) is 18.8. The van der Waals surface area contributed by atoms with E-state index in [0.29, 0.717) is 19.3 Å². The van der Waals surface area contributed by atoms with Gasteiger partial charge in [-0.15, -0.1) is 0 Å². The van der Waals surface area contributed by atoms with Crippen LogP contribution in [0.1, 0.15) is 30.4 Å². The first-order valence-electron chi connectivity index (χ1n) is 8.52. The molecule has 0 saturated carbocycles. The number of hydrogen-bond acceptors (Lipinski definition) is 2. The van der Waals surface area contributed by atoms with Gasteiger partial charge < -0.3 is 0 Å². The fourth-order valence-corrected chi connectivity index (χ4v) is 5.34. The van der Waals surface area contributed by atoms with Gasteiger partial charge in [0.2, 0.25) is 10.0 Å². The van der Waals surface area contributed by atoms with Gasteiger partial charge in [-0.3, -0.25) is 0 Å². The van der Waals surface area contributed by atoms with Crippen LogP contribution in [0.2, 0.25) is 0 Å². The van der Waals surface area contributed by atoms with Crippen molar-refractivity contribution < 1.29 is 21.6 Å². The van der Waals surface area contributed by atoms with E-state index in [-0.39, 0.29) is 12.6 Å². The molecule has 3 nitrogen and oxygen atoms in total. The molecule has 0 aliphatic carbocycles. The van der Waals surface area contributed by atoms with E-state index in [0.717, 1.165) is 24.1 Å². The molecule has 2 aromatic rings. The number of nitrogens with zero attached hydrogens (tertiary/aromatic N) is 1. The molecular weight excluding hydrogens is 363 g/mol. The van der Waals surface area contributed by atoms with Gasteiger partial charge in [-0.05, 0) is 37.0 Å². The summed E-state index contributed by atoms with van der Waals surface area (Å²) in [6.45, 7) is 0.242. The number of sulfonamides is 1. The fraction of sp³-hybridized carbons (Fsp3) is 0.368. The molecule has 1 saturated heterocycles. The Hall–Kier alpha value is -1.86. The average molecular weight is 383 g/mol. The summed E-state index contributed by atoms with van der Waals surface area (Å²) in [7, 11) is -4.23. The second-order valence-electron chi connectivity index (χ2n) is 6.45. The number of halogens is 3. The van der Waals surface area contributed by atoms with Crippen LogP contribution in [0.25, 0.3) is 0 Å². The number of hydrogen-bond donors (Lipinski definition) is 0. The largest absolute Gasteiger partial charge is 0.417 e. The molecule has 140 valence electrons. The lowest BCUT2D eigenvalue weighted by atomic mass is 9.98. The van der Waals surface area contributed by atoms with Crippen molar-refractivity contribution in [2.45, 2.75) is 42.8 Å². The first kappa shape index (κ1) is 18.9. The molecule has 2 aromatic carbocycles. The first-order valence-corrected chi connectivity index (χ1v) is 9.96. The third-order valence-corrected chi connectivity index (χ3v) is 6.68. The number of benzene rings is 2. The highest BCUT2D eigenvalue weighted by Gasteiger charge is 2.41. The van der Waals surface area contributed by atoms with Crippen LogP contribution in [0.5, 0.6) is 0 Å². The second kappa shape index (κ2) is 7.40. The molecule has 26 heavy (non-hydrogen) atoms. The van der Waals surface area contributed by atoms with Gasteiger partial charge in [0.25, 0.3) is 0 Å². The van der Waals surface area contributed by atoms with Crippen LogP contribution in [-0.2, 0) is 22.6 Å². The smallest absolute Gasteiger partial charge is 0.207 e. The Morgan fingerprint density at radius 3 is 2.31 bits per heavy atom. The summed E-state index contributed by atoms with van der Waals surface area (Å²) in [5.41, 5.74) is -0.132. The Morgan fingerprint density at radius 2 is 1.62 bits per heavy atom. The molecule has 0 aromatic heterocycles. The molecule has 0 unspecified atom stereocenters. The molecule has 0 radical (unpaired) electrons. The normalized spacial score (nSPS) is 19.4. The third-order valence-electron chi connectivity index (χ3n) is 4.67. The molecule has 0 spiro atoms. The first-order chi connectivity index (χ1) is 12.3. The molecule has 1 fully saturated rings. The topological polar surface area (TPSA) is 37.4 Å². The van der Waals surface area contributed by atoms with Crippen molar-refractivity contribution in [2.75, 3.05) is 6.54 Å². The van der Waals surface area contributed by atoms with Crippen molar-refractivity contribution in [1.29, 1.82) is 0 Å². The molecular formula is C19H20F3NO2S. The van der Waals surface area contributed by atoms with Crippen molar-refractivity contribution in [2.24, 2.45) is 0 Å². The van der Waals surface area contributed by atoms with Crippen LogP contribution in [0.15, 0.2) is 59.5 Å². The van der Waals surface area contributed by atoms with E-state index in [1.807, 2.05) is 30.3 Å². The van der Waals surface area contributed by atoms with Crippen molar-refractivity contribution in [1.82, 2.24) is 4.31 Å². The zero-order valence-corrected chi connectivity index (χ0v) is 14.9. The van der Waals surface area contributed by atoms with Gasteiger partial charge in [-0.2, -0.15) is 17.5 Å².